The second kappa shape index (κ2) is 11.9. The van der Waals surface area contributed by atoms with E-state index in [2.05, 4.69) is 156 Å². The molecule has 5 heteroatoms. The molecule has 0 unspecified atom stereocenters. The molecule has 0 N–H and O–H groups in total. The van der Waals surface area contributed by atoms with Gasteiger partial charge in [0.1, 0.15) is 11.2 Å². The Morgan fingerprint density at radius 3 is 1.82 bits per heavy atom. The standard InChI is InChI=1S/C51H30N4O/c1-2-13-32(14-3-1)49-52-50(37-23-22-31-12-4-5-15-33(31)26-37)54-51(53-49)48-39-19-9-8-18-36(39)29-46-47(48)41-25-24-38(30-45(41)56-46)55-43-21-11-10-20-40(43)42-27-34-16-6-7-17-35(34)28-44(42)55/h1-30H. The summed E-state index contributed by atoms with van der Waals surface area (Å²) in [4.78, 5) is 15.6. The van der Waals surface area contributed by atoms with Crippen LogP contribution in [0.2, 0.25) is 0 Å². The van der Waals surface area contributed by atoms with Crippen LogP contribution in [0.4, 0.5) is 0 Å². The smallest absolute Gasteiger partial charge is 0.165 e. The fourth-order valence-corrected chi connectivity index (χ4v) is 8.56. The van der Waals surface area contributed by atoms with E-state index in [0.717, 1.165) is 71.5 Å². The second-order valence-electron chi connectivity index (χ2n) is 14.4. The van der Waals surface area contributed by atoms with Gasteiger partial charge in [0, 0.05) is 50.0 Å². The van der Waals surface area contributed by atoms with Crippen LogP contribution in [-0.2, 0) is 0 Å². The predicted octanol–water partition coefficient (Wildman–Crippen LogP) is 13.3. The van der Waals surface area contributed by atoms with Crippen molar-refractivity contribution >= 4 is 76.1 Å². The summed E-state index contributed by atoms with van der Waals surface area (Å²) in [5.74, 6) is 1.84. The number of nitrogens with zero attached hydrogens (tertiary/aromatic N) is 4. The highest BCUT2D eigenvalue weighted by Crippen LogP contribution is 2.43. The van der Waals surface area contributed by atoms with Gasteiger partial charge in [0.05, 0.1) is 11.0 Å². The molecule has 0 fully saturated rings. The molecule has 3 aromatic heterocycles. The van der Waals surface area contributed by atoms with Crippen LogP contribution in [0, 0.1) is 0 Å². The molecule has 12 aromatic rings. The number of hydrogen-bond acceptors (Lipinski definition) is 4. The van der Waals surface area contributed by atoms with Crippen LogP contribution in [0.3, 0.4) is 0 Å². The summed E-state index contributed by atoms with van der Waals surface area (Å²) in [5, 5.41) is 11.3. The maximum atomic E-state index is 6.85. The van der Waals surface area contributed by atoms with Crippen molar-refractivity contribution in [2.75, 3.05) is 0 Å². The Bertz CT molecular complexity index is 3540. The highest BCUT2D eigenvalue weighted by molar-refractivity contribution is 6.20. The molecule has 12 rings (SSSR count). The third-order valence-corrected chi connectivity index (χ3v) is 11.2. The van der Waals surface area contributed by atoms with E-state index in [4.69, 9.17) is 19.4 Å². The summed E-state index contributed by atoms with van der Waals surface area (Å²) in [6.45, 7) is 0. The maximum absolute atomic E-state index is 6.85. The van der Waals surface area contributed by atoms with Gasteiger partial charge in [0.15, 0.2) is 17.5 Å². The van der Waals surface area contributed by atoms with Gasteiger partial charge in [-0.2, -0.15) is 0 Å². The Kier molecular flexibility index (Phi) is 6.56. The average Bonchev–Trinajstić information content (AvgIpc) is 3.78. The van der Waals surface area contributed by atoms with E-state index in [0.29, 0.717) is 17.5 Å². The molecule has 0 saturated heterocycles. The number of rotatable bonds is 4. The molecule has 0 saturated carbocycles. The molecule has 0 amide bonds. The van der Waals surface area contributed by atoms with Crippen LogP contribution in [0.1, 0.15) is 0 Å². The van der Waals surface area contributed by atoms with Crippen molar-refractivity contribution in [2.24, 2.45) is 0 Å². The first-order chi connectivity index (χ1) is 27.7. The van der Waals surface area contributed by atoms with E-state index < -0.39 is 0 Å². The average molecular weight is 715 g/mol. The summed E-state index contributed by atoms with van der Waals surface area (Å²) in [7, 11) is 0. The van der Waals surface area contributed by atoms with E-state index in [1.54, 1.807) is 0 Å². The van der Waals surface area contributed by atoms with Crippen molar-refractivity contribution in [3.63, 3.8) is 0 Å². The lowest BCUT2D eigenvalue weighted by Crippen LogP contribution is -2.01. The van der Waals surface area contributed by atoms with Gasteiger partial charge in [0.25, 0.3) is 0 Å². The largest absolute Gasteiger partial charge is 0.456 e. The van der Waals surface area contributed by atoms with Gasteiger partial charge in [-0.1, -0.05) is 133 Å². The van der Waals surface area contributed by atoms with Crippen LogP contribution in [0.15, 0.2) is 186 Å². The Hall–Kier alpha value is -7.63. The lowest BCUT2D eigenvalue weighted by atomic mass is 9.97. The van der Waals surface area contributed by atoms with E-state index in [9.17, 15) is 0 Å². The Morgan fingerprint density at radius 2 is 1.00 bits per heavy atom. The number of para-hydroxylation sites is 1. The van der Waals surface area contributed by atoms with Gasteiger partial charge in [-0.05, 0) is 74.8 Å². The Morgan fingerprint density at radius 1 is 0.357 bits per heavy atom. The number of hydrogen-bond donors (Lipinski definition) is 0. The molecule has 0 radical (unpaired) electrons. The first-order valence-corrected chi connectivity index (χ1v) is 18.8. The third-order valence-electron chi connectivity index (χ3n) is 11.2. The van der Waals surface area contributed by atoms with Crippen molar-refractivity contribution in [3.05, 3.63) is 182 Å². The summed E-state index contributed by atoms with van der Waals surface area (Å²) < 4.78 is 9.21. The van der Waals surface area contributed by atoms with Crippen LogP contribution in [0.25, 0.3) is 116 Å². The highest BCUT2D eigenvalue weighted by atomic mass is 16.3. The van der Waals surface area contributed by atoms with Crippen molar-refractivity contribution in [1.82, 2.24) is 19.5 Å². The number of furan rings is 1. The zero-order valence-corrected chi connectivity index (χ0v) is 30.0. The topological polar surface area (TPSA) is 56.7 Å². The van der Waals surface area contributed by atoms with Gasteiger partial charge in [-0.3, -0.25) is 0 Å². The van der Waals surface area contributed by atoms with Gasteiger partial charge in [-0.15, -0.1) is 0 Å². The lowest BCUT2D eigenvalue weighted by Gasteiger charge is -2.12. The minimum absolute atomic E-state index is 0.602. The predicted molar refractivity (Wildman–Crippen MR) is 230 cm³/mol. The first kappa shape index (κ1) is 30.8. The van der Waals surface area contributed by atoms with Gasteiger partial charge in [0.2, 0.25) is 0 Å². The molecule has 0 aliphatic carbocycles. The molecule has 5 nitrogen and oxygen atoms in total. The van der Waals surface area contributed by atoms with Crippen LogP contribution >= 0.6 is 0 Å². The first-order valence-electron chi connectivity index (χ1n) is 18.8. The molecule has 0 aliphatic rings. The van der Waals surface area contributed by atoms with Crippen molar-refractivity contribution in [3.8, 4) is 39.9 Å². The zero-order chi connectivity index (χ0) is 36.7. The van der Waals surface area contributed by atoms with Gasteiger partial charge < -0.3 is 8.98 Å². The summed E-state index contributed by atoms with van der Waals surface area (Å²) in [6.07, 6.45) is 0. The number of aromatic nitrogens is 4. The molecule has 0 atom stereocenters. The van der Waals surface area contributed by atoms with Gasteiger partial charge >= 0.3 is 0 Å². The molecule has 0 aliphatic heterocycles. The summed E-state index contributed by atoms with van der Waals surface area (Å²) in [6, 6.07) is 63.9. The van der Waals surface area contributed by atoms with E-state index >= 15 is 0 Å². The second-order valence-corrected chi connectivity index (χ2v) is 14.4. The minimum atomic E-state index is 0.602. The van der Waals surface area contributed by atoms with Gasteiger partial charge in [-0.25, -0.2) is 15.0 Å². The highest BCUT2D eigenvalue weighted by Gasteiger charge is 2.22. The monoisotopic (exact) mass is 714 g/mol. The summed E-state index contributed by atoms with van der Waals surface area (Å²) >= 11 is 0. The molecule has 3 heterocycles. The van der Waals surface area contributed by atoms with E-state index in [1.165, 1.54) is 26.9 Å². The van der Waals surface area contributed by atoms with Crippen molar-refractivity contribution in [2.45, 2.75) is 0 Å². The summed E-state index contributed by atoms with van der Waals surface area (Å²) in [5.41, 5.74) is 7.72. The molecular formula is C51H30N4O. The third kappa shape index (κ3) is 4.71. The molecule has 56 heavy (non-hydrogen) atoms. The maximum Gasteiger partial charge on any atom is 0.165 e. The normalized spacial score (nSPS) is 11.9. The zero-order valence-electron chi connectivity index (χ0n) is 30.0. The number of fused-ring (bicyclic) bond motifs is 9. The van der Waals surface area contributed by atoms with Crippen LogP contribution in [0.5, 0.6) is 0 Å². The quantitative estimate of drug-likeness (QED) is 0.182. The lowest BCUT2D eigenvalue weighted by molar-refractivity contribution is 0.669. The molecule has 0 spiro atoms. The van der Waals surface area contributed by atoms with E-state index in [1.807, 2.05) is 30.3 Å². The minimum Gasteiger partial charge on any atom is -0.456 e. The SMILES string of the molecule is c1ccc(-c2nc(-c3ccc4ccccc4c3)nc(-c3c4ccccc4cc4oc5cc(-n6c7ccccc7c7cc8ccccc8cc76)ccc5c34)n2)cc1. The number of benzene rings is 9. The van der Waals surface area contributed by atoms with Crippen molar-refractivity contribution < 1.29 is 4.42 Å². The van der Waals surface area contributed by atoms with Crippen LogP contribution < -0.4 is 0 Å². The Labute approximate surface area is 320 Å². The molecular weight excluding hydrogens is 685 g/mol. The molecule has 9 aromatic carbocycles. The molecule has 260 valence electrons. The fourth-order valence-electron chi connectivity index (χ4n) is 8.56. The van der Waals surface area contributed by atoms with Crippen LogP contribution in [-0.4, -0.2) is 19.5 Å². The fraction of sp³-hybridized carbons (Fsp3) is 0. The Balaban J connectivity index is 1.12. The molecule has 0 bridgehead atoms. The van der Waals surface area contributed by atoms with E-state index in [-0.39, 0.29) is 0 Å². The van der Waals surface area contributed by atoms with Crippen molar-refractivity contribution in [1.29, 1.82) is 0 Å².